The van der Waals surface area contributed by atoms with Gasteiger partial charge in [-0.25, -0.2) is 0 Å². The summed E-state index contributed by atoms with van der Waals surface area (Å²) in [6, 6.07) is 15.7. The number of aliphatic hydroxyl groups is 1. The van der Waals surface area contributed by atoms with Crippen molar-refractivity contribution in [3.05, 3.63) is 65.2 Å². The molecule has 0 saturated heterocycles. The summed E-state index contributed by atoms with van der Waals surface area (Å²) in [5, 5.41) is 12.7. The second-order valence-corrected chi connectivity index (χ2v) is 4.63. The molecule has 0 fully saturated rings. The summed E-state index contributed by atoms with van der Waals surface area (Å²) < 4.78 is 5.52. The van der Waals surface area contributed by atoms with E-state index in [0.29, 0.717) is 13.1 Å². The fraction of sp³-hybridized carbons (Fsp3) is 0.222. The molecule has 0 spiro atoms. The molecule has 0 heterocycles. The topological polar surface area (TPSA) is 41.5 Å². The van der Waals surface area contributed by atoms with Crippen LogP contribution in [0.25, 0.3) is 0 Å². The Kier molecular flexibility index (Phi) is 5.83. The molecule has 0 aromatic heterocycles. The lowest BCUT2D eigenvalue weighted by Crippen LogP contribution is -2.15. The summed E-state index contributed by atoms with van der Waals surface area (Å²) in [5.74, 6) is 3.27. The lowest BCUT2D eigenvalue weighted by molar-refractivity contribution is 0.280. The highest BCUT2D eigenvalue weighted by Gasteiger charge is 2.04. The van der Waals surface area contributed by atoms with Crippen molar-refractivity contribution in [2.24, 2.45) is 0 Å². The average Bonchev–Trinajstić information content (AvgIpc) is 2.54. The quantitative estimate of drug-likeness (QED) is 0.766. The SMILES string of the molecule is C#CCOc1ccccc1CNCc1ccccc1CO. The first kappa shape index (κ1) is 15.1. The third-order valence-electron chi connectivity index (χ3n) is 3.20. The van der Waals surface area contributed by atoms with E-state index < -0.39 is 0 Å². The molecule has 21 heavy (non-hydrogen) atoms. The molecule has 0 atom stereocenters. The van der Waals surface area contributed by atoms with Gasteiger partial charge in [-0.2, -0.15) is 0 Å². The number of benzene rings is 2. The van der Waals surface area contributed by atoms with E-state index in [-0.39, 0.29) is 13.2 Å². The van der Waals surface area contributed by atoms with E-state index in [0.717, 1.165) is 22.4 Å². The minimum Gasteiger partial charge on any atom is -0.481 e. The van der Waals surface area contributed by atoms with Gasteiger partial charge in [0.2, 0.25) is 0 Å². The molecule has 2 N–H and O–H groups in total. The Bertz CT molecular complexity index is 617. The van der Waals surface area contributed by atoms with Gasteiger partial charge in [-0.15, -0.1) is 6.42 Å². The van der Waals surface area contributed by atoms with E-state index in [1.165, 1.54) is 0 Å². The van der Waals surface area contributed by atoms with Crippen LogP contribution in [0, 0.1) is 12.3 Å². The zero-order valence-corrected chi connectivity index (χ0v) is 11.9. The summed E-state index contributed by atoms with van der Waals surface area (Å²) in [6.45, 7) is 1.70. The number of terminal acetylenes is 1. The highest BCUT2D eigenvalue weighted by atomic mass is 16.5. The summed E-state index contributed by atoms with van der Waals surface area (Å²) in [6.07, 6.45) is 5.22. The zero-order chi connectivity index (χ0) is 14.9. The maximum Gasteiger partial charge on any atom is 0.148 e. The van der Waals surface area contributed by atoms with Gasteiger partial charge in [-0.05, 0) is 17.2 Å². The lowest BCUT2D eigenvalue weighted by Gasteiger charge is -2.12. The van der Waals surface area contributed by atoms with Crippen molar-refractivity contribution in [1.29, 1.82) is 0 Å². The molecule has 2 rings (SSSR count). The van der Waals surface area contributed by atoms with Gasteiger partial charge >= 0.3 is 0 Å². The van der Waals surface area contributed by atoms with Gasteiger partial charge in [-0.1, -0.05) is 48.4 Å². The van der Waals surface area contributed by atoms with Crippen molar-refractivity contribution in [3.63, 3.8) is 0 Å². The van der Waals surface area contributed by atoms with Crippen LogP contribution in [0.3, 0.4) is 0 Å². The summed E-state index contributed by atoms with van der Waals surface area (Å²) in [7, 11) is 0. The van der Waals surface area contributed by atoms with Crippen molar-refractivity contribution in [1.82, 2.24) is 5.32 Å². The summed E-state index contributed by atoms with van der Waals surface area (Å²) in [4.78, 5) is 0. The normalized spacial score (nSPS) is 10.1. The second kappa shape index (κ2) is 8.11. The first-order chi connectivity index (χ1) is 10.3. The average molecular weight is 281 g/mol. The Morgan fingerprint density at radius 1 is 0.952 bits per heavy atom. The second-order valence-electron chi connectivity index (χ2n) is 4.63. The Labute approximate surface area is 125 Å². The van der Waals surface area contributed by atoms with E-state index in [4.69, 9.17) is 11.2 Å². The number of para-hydroxylation sites is 1. The molecular weight excluding hydrogens is 262 g/mol. The summed E-state index contributed by atoms with van der Waals surface area (Å²) in [5.41, 5.74) is 3.11. The molecule has 2 aromatic rings. The number of rotatable bonds is 7. The number of ether oxygens (including phenoxy) is 1. The molecule has 3 heteroatoms. The van der Waals surface area contributed by atoms with Crippen LogP contribution in [0.1, 0.15) is 16.7 Å². The van der Waals surface area contributed by atoms with Gasteiger partial charge in [0, 0.05) is 18.7 Å². The van der Waals surface area contributed by atoms with Crippen LogP contribution in [0.4, 0.5) is 0 Å². The molecule has 3 nitrogen and oxygen atoms in total. The standard InChI is InChI=1S/C18H19NO2/c1-2-11-21-18-10-6-5-8-16(18)13-19-12-15-7-3-4-9-17(15)14-20/h1,3-10,19-20H,11-14H2. The first-order valence-electron chi connectivity index (χ1n) is 6.87. The van der Waals surface area contributed by atoms with Gasteiger partial charge in [0.05, 0.1) is 6.61 Å². The molecule has 0 bridgehead atoms. The predicted molar refractivity (Wildman–Crippen MR) is 83.7 cm³/mol. The minimum absolute atomic E-state index is 0.0553. The Hall–Kier alpha value is -2.28. The summed E-state index contributed by atoms with van der Waals surface area (Å²) >= 11 is 0. The van der Waals surface area contributed by atoms with Gasteiger partial charge < -0.3 is 15.2 Å². The Morgan fingerprint density at radius 2 is 1.57 bits per heavy atom. The molecule has 0 unspecified atom stereocenters. The highest BCUT2D eigenvalue weighted by Crippen LogP contribution is 2.18. The minimum atomic E-state index is 0.0553. The molecule has 2 aromatic carbocycles. The number of hydrogen-bond acceptors (Lipinski definition) is 3. The third-order valence-corrected chi connectivity index (χ3v) is 3.20. The molecule has 0 aliphatic rings. The van der Waals surface area contributed by atoms with Crippen LogP contribution in [0.2, 0.25) is 0 Å². The van der Waals surface area contributed by atoms with Gasteiger partial charge in [0.15, 0.2) is 0 Å². The molecule has 0 aliphatic carbocycles. The monoisotopic (exact) mass is 281 g/mol. The Morgan fingerprint density at radius 3 is 2.29 bits per heavy atom. The fourth-order valence-corrected chi connectivity index (χ4v) is 2.13. The van der Waals surface area contributed by atoms with E-state index in [2.05, 4.69) is 11.2 Å². The van der Waals surface area contributed by atoms with Crippen molar-refractivity contribution in [3.8, 4) is 18.1 Å². The third kappa shape index (κ3) is 4.35. The number of hydrogen-bond donors (Lipinski definition) is 2. The highest BCUT2D eigenvalue weighted by molar-refractivity contribution is 5.33. The smallest absolute Gasteiger partial charge is 0.148 e. The van der Waals surface area contributed by atoms with Crippen LogP contribution in [-0.2, 0) is 19.7 Å². The molecule has 108 valence electrons. The number of aliphatic hydroxyl groups excluding tert-OH is 1. The molecular formula is C18H19NO2. The first-order valence-corrected chi connectivity index (χ1v) is 6.87. The predicted octanol–water partition coefficient (Wildman–Crippen LogP) is 2.48. The van der Waals surface area contributed by atoms with Gasteiger partial charge in [-0.3, -0.25) is 0 Å². The van der Waals surface area contributed by atoms with Crippen molar-refractivity contribution in [2.75, 3.05) is 6.61 Å². The zero-order valence-electron chi connectivity index (χ0n) is 11.9. The van der Waals surface area contributed by atoms with E-state index in [9.17, 15) is 5.11 Å². The van der Waals surface area contributed by atoms with E-state index in [1.54, 1.807) is 0 Å². The molecule has 0 aliphatic heterocycles. The molecule has 0 saturated carbocycles. The maximum atomic E-state index is 9.31. The van der Waals surface area contributed by atoms with Crippen molar-refractivity contribution >= 4 is 0 Å². The lowest BCUT2D eigenvalue weighted by atomic mass is 10.1. The van der Waals surface area contributed by atoms with E-state index >= 15 is 0 Å². The van der Waals surface area contributed by atoms with Crippen LogP contribution in [-0.4, -0.2) is 11.7 Å². The van der Waals surface area contributed by atoms with Gasteiger partial charge in [0.1, 0.15) is 12.4 Å². The van der Waals surface area contributed by atoms with E-state index in [1.807, 2.05) is 48.5 Å². The molecule has 0 amide bonds. The molecule has 0 radical (unpaired) electrons. The maximum absolute atomic E-state index is 9.31. The van der Waals surface area contributed by atoms with Crippen LogP contribution < -0.4 is 10.1 Å². The largest absolute Gasteiger partial charge is 0.481 e. The van der Waals surface area contributed by atoms with Crippen LogP contribution in [0.5, 0.6) is 5.75 Å². The van der Waals surface area contributed by atoms with Crippen LogP contribution >= 0.6 is 0 Å². The Balaban J connectivity index is 1.96. The number of nitrogens with one attached hydrogen (secondary N) is 1. The van der Waals surface area contributed by atoms with Crippen molar-refractivity contribution < 1.29 is 9.84 Å². The van der Waals surface area contributed by atoms with Crippen LogP contribution in [0.15, 0.2) is 48.5 Å². The van der Waals surface area contributed by atoms with Gasteiger partial charge in [0.25, 0.3) is 0 Å². The van der Waals surface area contributed by atoms with Crippen molar-refractivity contribution in [2.45, 2.75) is 19.7 Å². The fourth-order valence-electron chi connectivity index (χ4n) is 2.13.